The van der Waals surface area contributed by atoms with Crippen LogP contribution in [-0.2, 0) is 14.3 Å². The molecule has 0 aliphatic heterocycles. The normalized spacial score (nSPS) is 12.7. The first kappa shape index (κ1) is 21.4. The molecule has 2 atom stereocenters. The van der Waals surface area contributed by atoms with E-state index in [9.17, 15) is 19.7 Å². The lowest BCUT2D eigenvalue weighted by atomic mass is 10.1. The maximum Gasteiger partial charge on any atom is 0.319 e. The second kappa shape index (κ2) is 9.89. The van der Waals surface area contributed by atoms with Gasteiger partial charge in [0.15, 0.2) is 6.61 Å². The largest absolute Gasteiger partial charge is 0.455 e. The summed E-state index contributed by atoms with van der Waals surface area (Å²) < 4.78 is 5.15. The highest BCUT2D eigenvalue weighted by molar-refractivity contribution is 8.00. The number of esters is 1. The first-order chi connectivity index (χ1) is 13.3. The zero-order valence-corrected chi connectivity index (χ0v) is 16.7. The summed E-state index contributed by atoms with van der Waals surface area (Å²) in [5, 5.41) is 10.1. The number of benzene rings is 2. The summed E-state index contributed by atoms with van der Waals surface area (Å²) in [6, 6.07) is 15.4. The van der Waals surface area contributed by atoms with E-state index < -0.39 is 16.1 Å². The maximum absolute atomic E-state index is 12.3. The fourth-order valence-corrected chi connectivity index (χ4v) is 3.29. The molecule has 0 bridgehead atoms. The second-order valence-electron chi connectivity index (χ2n) is 6.21. The van der Waals surface area contributed by atoms with E-state index in [-0.39, 0.29) is 24.2 Å². The minimum atomic E-state index is -0.550. The monoisotopic (exact) mass is 402 g/mol. The Morgan fingerprint density at radius 3 is 2.29 bits per heavy atom. The molecule has 0 N–H and O–H groups in total. The predicted octanol–water partition coefficient (Wildman–Crippen LogP) is 3.84. The Kier molecular flexibility index (Phi) is 7.57. The van der Waals surface area contributed by atoms with Crippen LogP contribution in [0.4, 0.5) is 5.69 Å². The van der Waals surface area contributed by atoms with Crippen LogP contribution in [0.1, 0.15) is 25.5 Å². The number of carbonyl (C=O) groups excluding carboxylic acids is 2. The lowest BCUT2D eigenvalue weighted by Gasteiger charge is -2.25. The van der Waals surface area contributed by atoms with Gasteiger partial charge in [-0.05, 0) is 31.5 Å². The van der Waals surface area contributed by atoms with Crippen LogP contribution in [-0.4, -0.2) is 40.6 Å². The molecular formula is C20H22N2O5S. The van der Waals surface area contributed by atoms with Crippen molar-refractivity contribution in [3.05, 3.63) is 70.3 Å². The van der Waals surface area contributed by atoms with Crippen LogP contribution in [0.5, 0.6) is 0 Å². The molecule has 2 aromatic carbocycles. The number of rotatable bonds is 8. The molecule has 0 fully saturated rings. The van der Waals surface area contributed by atoms with Gasteiger partial charge in [0.2, 0.25) is 0 Å². The highest BCUT2D eigenvalue weighted by Gasteiger charge is 2.21. The van der Waals surface area contributed by atoms with E-state index in [4.69, 9.17) is 4.74 Å². The first-order valence-corrected chi connectivity index (χ1v) is 9.56. The van der Waals surface area contributed by atoms with Crippen molar-refractivity contribution in [3.63, 3.8) is 0 Å². The van der Waals surface area contributed by atoms with Crippen LogP contribution in [0.3, 0.4) is 0 Å². The Bertz CT molecular complexity index is 826. The summed E-state index contributed by atoms with van der Waals surface area (Å²) in [4.78, 5) is 36.9. The highest BCUT2D eigenvalue weighted by Crippen LogP contribution is 2.26. The molecule has 2 unspecified atom stereocenters. The standard InChI is InChI=1S/C20H22N2O5S/c1-14(16-7-5-4-6-8-16)21(3)19(23)13-27-20(24)15(2)28-18-11-9-17(10-12-18)22(25)26/h4-12,14-15H,13H2,1-3H3. The smallest absolute Gasteiger partial charge is 0.319 e. The summed E-state index contributed by atoms with van der Waals surface area (Å²) >= 11 is 1.21. The van der Waals surface area contributed by atoms with E-state index in [1.54, 1.807) is 26.1 Å². The van der Waals surface area contributed by atoms with Gasteiger partial charge in [0.05, 0.1) is 11.0 Å². The van der Waals surface area contributed by atoms with Crippen molar-refractivity contribution in [2.75, 3.05) is 13.7 Å². The van der Waals surface area contributed by atoms with Crippen LogP contribution >= 0.6 is 11.8 Å². The number of thioether (sulfide) groups is 1. The molecule has 7 nitrogen and oxygen atoms in total. The van der Waals surface area contributed by atoms with Gasteiger partial charge in [0.1, 0.15) is 5.25 Å². The number of carbonyl (C=O) groups is 2. The first-order valence-electron chi connectivity index (χ1n) is 8.68. The number of nitrogens with zero attached hydrogens (tertiary/aromatic N) is 2. The third-order valence-electron chi connectivity index (χ3n) is 4.29. The molecule has 0 radical (unpaired) electrons. The Balaban J connectivity index is 1.84. The summed E-state index contributed by atoms with van der Waals surface area (Å²) in [5.41, 5.74) is 0.979. The molecule has 0 saturated heterocycles. The fourth-order valence-electron chi connectivity index (χ4n) is 2.42. The summed E-state index contributed by atoms with van der Waals surface area (Å²) in [6.45, 7) is 3.23. The average molecular weight is 402 g/mol. The number of hydrogen-bond donors (Lipinski definition) is 0. The SMILES string of the molecule is CC(Sc1ccc([N+](=O)[O-])cc1)C(=O)OCC(=O)N(C)C(C)c1ccccc1. The highest BCUT2D eigenvalue weighted by atomic mass is 32.2. The van der Waals surface area contributed by atoms with Gasteiger partial charge in [0.25, 0.3) is 11.6 Å². The number of likely N-dealkylation sites (N-methyl/N-ethyl adjacent to an activating group) is 1. The van der Waals surface area contributed by atoms with E-state index in [0.29, 0.717) is 4.90 Å². The fraction of sp³-hybridized carbons (Fsp3) is 0.300. The van der Waals surface area contributed by atoms with E-state index in [1.807, 2.05) is 37.3 Å². The number of hydrogen-bond acceptors (Lipinski definition) is 6. The molecule has 1 amide bonds. The van der Waals surface area contributed by atoms with Crippen LogP contribution in [0.15, 0.2) is 59.5 Å². The number of amides is 1. The van der Waals surface area contributed by atoms with Crippen molar-refractivity contribution in [3.8, 4) is 0 Å². The van der Waals surface area contributed by atoms with Crippen molar-refractivity contribution in [1.29, 1.82) is 0 Å². The average Bonchev–Trinajstić information content (AvgIpc) is 2.71. The Morgan fingerprint density at radius 1 is 1.11 bits per heavy atom. The van der Waals surface area contributed by atoms with Gasteiger partial charge in [-0.1, -0.05) is 30.3 Å². The minimum absolute atomic E-state index is 0.0132. The Hall–Kier alpha value is -2.87. The molecule has 2 aromatic rings. The van der Waals surface area contributed by atoms with Gasteiger partial charge in [-0.15, -0.1) is 11.8 Å². The van der Waals surface area contributed by atoms with Crippen molar-refractivity contribution >= 4 is 29.3 Å². The summed E-state index contributed by atoms with van der Waals surface area (Å²) in [7, 11) is 1.67. The summed E-state index contributed by atoms with van der Waals surface area (Å²) in [6.07, 6.45) is 0. The van der Waals surface area contributed by atoms with Crippen LogP contribution in [0, 0.1) is 10.1 Å². The number of ether oxygens (including phenoxy) is 1. The van der Waals surface area contributed by atoms with Crippen molar-refractivity contribution in [2.45, 2.75) is 30.0 Å². The van der Waals surface area contributed by atoms with Crippen LogP contribution < -0.4 is 0 Å². The third-order valence-corrected chi connectivity index (χ3v) is 5.38. The quantitative estimate of drug-likeness (QED) is 0.288. The van der Waals surface area contributed by atoms with E-state index >= 15 is 0 Å². The summed E-state index contributed by atoms with van der Waals surface area (Å²) in [5.74, 6) is -0.810. The van der Waals surface area contributed by atoms with E-state index in [2.05, 4.69) is 0 Å². The second-order valence-corrected chi connectivity index (χ2v) is 7.62. The predicted molar refractivity (Wildman–Crippen MR) is 107 cm³/mol. The lowest BCUT2D eigenvalue weighted by molar-refractivity contribution is -0.384. The molecule has 2 rings (SSSR count). The Labute approximate surface area is 167 Å². The van der Waals surface area contributed by atoms with Gasteiger partial charge < -0.3 is 9.64 Å². The number of nitro benzene ring substituents is 1. The molecule has 0 aliphatic carbocycles. The lowest BCUT2D eigenvalue weighted by Crippen LogP contribution is -2.34. The van der Waals surface area contributed by atoms with Crippen molar-refractivity contribution in [1.82, 2.24) is 4.90 Å². The van der Waals surface area contributed by atoms with Gasteiger partial charge >= 0.3 is 5.97 Å². The van der Waals surface area contributed by atoms with Crippen LogP contribution in [0.2, 0.25) is 0 Å². The Morgan fingerprint density at radius 2 is 1.71 bits per heavy atom. The molecule has 0 spiro atoms. The topological polar surface area (TPSA) is 89.7 Å². The number of nitro groups is 1. The third kappa shape index (κ3) is 5.82. The molecule has 0 aromatic heterocycles. The zero-order chi connectivity index (χ0) is 20.7. The van der Waals surface area contributed by atoms with Crippen molar-refractivity contribution in [2.24, 2.45) is 0 Å². The van der Waals surface area contributed by atoms with Crippen LogP contribution in [0.25, 0.3) is 0 Å². The van der Waals surface area contributed by atoms with Crippen molar-refractivity contribution < 1.29 is 19.2 Å². The molecule has 0 aliphatic rings. The van der Waals surface area contributed by atoms with E-state index in [0.717, 1.165) is 5.56 Å². The van der Waals surface area contributed by atoms with Gasteiger partial charge in [-0.25, -0.2) is 0 Å². The number of non-ortho nitro benzene ring substituents is 1. The van der Waals surface area contributed by atoms with Gasteiger partial charge in [-0.2, -0.15) is 0 Å². The van der Waals surface area contributed by atoms with Gasteiger partial charge in [0, 0.05) is 24.1 Å². The molecular weight excluding hydrogens is 380 g/mol. The maximum atomic E-state index is 12.3. The molecule has 28 heavy (non-hydrogen) atoms. The van der Waals surface area contributed by atoms with Gasteiger partial charge in [-0.3, -0.25) is 19.7 Å². The molecule has 148 valence electrons. The molecule has 0 heterocycles. The van der Waals surface area contributed by atoms with E-state index in [1.165, 1.54) is 28.8 Å². The minimum Gasteiger partial charge on any atom is -0.455 e. The molecule has 0 saturated carbocycles. The molecule has 8 heteroatoms. The zero-order valence-electron chi connectivity index (χ0n) is 15.9.